The first-order valence-electron chi connectivity index (χ1n) is 7.06. The van der Waals surface area contributed by atoms with Gasteiger partial charge in [-0.25, -0.2) is 0 Å². The van der Waals surface area contributed by atoms with Crippen LogP contribution in [0.15, 0.2) is 0 Å². The second-order valence-corrected chi connectivity index (χ2v) is 3.54. The van der Waals surface area contributed by atoms with Gasteiger partial charge < -0.3 is 0 Å². The highest BCUT2D eigenvalue weighted by Crippen LogP contribution is 1.89. The molecule has 2 heteroatoms. The predicted molar refractivity (Wildman–Crippen MR) is 95.9 cm³/mol. The van der Waals surface area contributed by atoms with E-state index < -0.39 is 0 Å². The van der Waals surface area contributed by atoms with E-state index in [1.54, 1.807) is 0 Å². The van der Waals surface area contributed by atoms with Gasteiger partial charge in [-0.2, -0.15) is 5.06 Å². The van der Waals surface area contributed by atoms with Crippen molar-refractivity contribution >= 4 is 0 Å². The van der Waals surface area contributed by atoms with E-state index in [9.17, 15) is 0 Å². The highest BCUT2D eigenvalue weighted by Gasteiger charge is 1.92. The lowest BCUT2D eigenvalue weighted by atomic mass is 10.3. The Bertz CT molecular complexity index is 85.3. The first kappa shape index (κ1) is 36.4. The molecule has 0 aliphatic heterocycles. The van der Waals surface area contributed by atoms with Gasteiger partial charge in [0.1, 0.15) is 0 Å². The molecule has 0 atom stereocenters. The minimum absolute atomic E-state index is 0. The van der Waals surface area contributed by atoms with Crippen LogP contribution < -0.4 is 0 Å². The normalized spacial score (nSPS) is 7.58. The molecule has 126 valence electrons. The number of rotatable bonds is 7. The largest absolute Gasteiger partial charge is 0.299 e. The van der Waals surface area contributed by atoms with Crippen LogP contribution in [0, 0.1) is 0 Å². The molecule has 0 aliphatic rings. The van der Waals surface area contributed by atoms with Gasteiger partial charge in [0.05, 0.1) is 6.61 Å². The van der Waals surface area contributed by atoms with Crippen molar-refractivity contribution < 1.29 is 4.84 Å². The molecule has 0 amide bonds. The summed E-state index contributed by atoms with van der Waals surface area (Å²) >= 11 is 0. The van der Waals surface area contributed by atoms with Crippen LogP contribution in [-0.4, -0.2) is 25.3 Å². The number of hydrogen-bond acceptors (Lipinski definition) is 2. The Kier molecular flexibility index (Phi) is 82.4. The van der Waals surface area contributed by atoms with Crippen molar-refractivity contribution in [1.29, 1.82) is 0 Å². The minimum atomic E-state index is 0. The van der Waals surface area contributed by atoms with E-state index in [0.717, 1.165) is 26.0 Å². The summed E-state index contributed by atoms with van der Waals surface area (Å²) in [5.74, 6) is 0. The van der Waals surface area contributed by atoms with E-state index in [1.165, 1.54) is 19.3 Å². The summed E-state index contributed by atoms with van der Waals surface area (Å²) in [4.78, 5) is 5.26. The smallest absolute Gasteiger partial charge is 0.0682 e. The molecule has 0 spiro atoms. The summed E-state index contributed by atoms with van der Waals surface area (Å²) in [5, 5.41) is 1.89. The van der Waals surface area contributed by atoms with Gasteiger partial charge >= 0.3 is 0 Å². The van der Waals surface area contributed by atoms with Crippen LogP contribution in [-0.2, 0) is 4.84 Å². The van der Waals surface area contributed by atoms with Crippen LogP contribution in [0.25, 0.3) is 0 Å². The number of nitrogens with zero attached hydrogens (tertiary/aromatic N) is 1. The van der Waals surface area contributed by atoms with E-state index in [2.05, 4.69) is 27.7 Å². The Morgan fingerprint density at radius 3 is 1.37 bits per heavy atom. The molecule has 0 unspecified atom stereocenters. The Hall–Kier alpha value is -0.0800. The third-order valence-corrected chi connectivity index (χ3v) is 1.76. The molecule has 0 bridgehead atoms. The fourth-order valence-electron chi connectivity index (χ4n) is 0.980. The quantitative estimate of drug-likeness (QED) is 0.476. The van der Waals surface area contributed by atoms with Gasteiger partial charge in [0, 0.05) is 13.6 Å². The summed E-state index contributed by atoms with van der Waals surface area (Å²) in [5.41, 5.74) is 0. The van der Waals surface area contributed by atoms with Crippen LogP contribution in [0.5, 0.6) is 0 Å². The molecule has 19 heavy (non-hydrogen) atoms. The van der Waals surface area contributed by atoms with Gasteiger partial charge in [-0.05, 0) is 12.8 Å². The molecule has 0 heterocycles. The molecule has 0 rings (SSSR count). The Balaban J connectivity index is -0.0000000372. The van der Waals surface area contributed by atoms with Gasteiger partial charge in [0.15, 0.2) is 0 Å². The lowest BCUT2D eigenvalue weighted by molar-refractivity contribution is -0.139. The van der Waals surface area contributed by atoms with Crippen LogP contribution in [0.3, 0.4) is 0 Å². The summed E-state index contributed by atoms with van der Waals surface area (Å²) in [6, 6.07) is 0. The van der Waals surface area contributed by atoms with Gasteiger partial charge in [-0.3, -0.25) is 4.84 Å². The number of hydroxylamine groups is 2. The zero-order chi connectivity index (χ0) is 13.2. The van der Waals surface area contributed by atoms with Gasteiger partial charge in [-0.1, -0.05) is 83.1 Å². The summed E-state index contributed by atoms with van der Waals surface area (Å²) in [7, 11) is 1.97. The standard InChI is InChI=1S/C7H17NO.C5H12.C2H6.3CH4/c1-4-6-8(3)9-7-5-2;1-3-5-4-2;1-2;;;/h4-7H2,1-3H3;3-5H2,1-2H3;1-2H3;3*1H4. The first-order valence-corrected chi connectivity index (χ1v) is 7.06. The second kappa shape index (κ2) is 43.0. The van der Waals surface area contributed by atoms with Crippen molar-refractivity contribution in [1.82, 2.24) is 5.06 Å². The zero-order valence-electron chi connectivity index (χ0n) is 12.8. The van der Waals surface area contributed by atoms with E-state index in [-0.39, 0.29) is 22.3 Å². The van der Waals surface area contributed by atoms with E-state index >= 15 is 0 Å². The maximum Gasteiger partial charge on any atom is 0.0682 e. The molecule has 0 aromatic rings. The molecule has 0 aromatic heterocycles. The maximum atomic E-state index is 5.26. The lowest BCUT2D eigenvalue weighted by Gasteiger charge is -2.13. The van der Waals surface area contributed by atoms with Gasteiger partial charge in [0.25, 0.3) is 0 Å². The topological polar surface area (TPSA) is 12.5 Å². The molecule has 0 radical (unpaired) electrons. The van der Waals surface area contributed by atoms with Crippen molar-refractivity contribution in [2.45, 2.75) is 95.9 Å². The molecule has 0 aliphatic carbocycles. The maximum absolute atomic E-state index is 5.26. The van der Waals surface area contributed by atoms with Crippen LogP contribution in [0.4, 0.5) is 0 Å². The molecular formula is C17H47NO. The fraction of sp³-hybridized carbons (Fsp3) is 1.00. The van der Waals surface area contributed by atoms with Crippen molar-refractivity contribution in [3.8, 4) is 0 Å². The molecule has 0 saturated heterocycles. The molecule has 2 nitrogen and oxygen atoms in total. The Labute approximate surface area is 126 Å². The first-order chi connectivity index (χ1) is 7.72. The van der Waals surface area contributed by atoms with Crippen molar-refractivity contribution in [3.63, 3.8) is 0 Å². The van der Waals surface area contributed by atoms with Crippen LogP contribution >= 0.6 is 0 Å². The van der Waals surface area contributed by atoms with Crippen molar-refractivity contribution in [3.05, 3.63) is 0 Å². The number of unbranched alkanes of at least 4 members (excludes halogenated alkanes) is 2. The highest BCUT2D eigenvalue weighted by atomic mass is 16.7. The SMILES string of the molecule is C.C.C.CC.CCCCC.CCCON(C)CCC. The Morgan fingerprint density at radius 1 is 0.737 bits per heavy atom. The monoisotopic (exact) mass is 281 g/mol. The predicted octanol–water partition coefficient (Wildman–Crippen LogP) is 6.80. The fourth-order valence-corrected chi connectivity index (χ4v) is 0.980. The molecule has 0 aromatic carbocycles. The van der Waals surface area contributed by atoms with E-state index in [1.807, 2.05) is 26.0 Å². The lowest BCUT2D eigenvalue weighted by Crippen LogP contribution is -2.19. The average Bonchev–Trinajstić information content (AvgIpc) is 2.31. The van der Waals surface area contributed by atoms with Crippen LogP contribution in [0.2, 0.25) is 0 Å². The second-order valence-electron chi connectivity index (χ2n) is 3.54. The summed E-state index contributed by atoms with van der Waals surface area (Å²) in [6.07, 6.45) is 6.32. The zero-order valence-corrected chi connectivity index (χ0v) is 12.8. The highest BCUT2D eigenvalue weighted by molar-refractivity contribution is 4.32. The molecule has 0 saturated carbocycles. The summed E-state index contributed by atoms with van der Waals surface area (Å²) in [6.45, 7) is 14.6. The van der Waals surface area contributed by atoms with Gasteiger partial charge in [-0.15, -0.1) is 0 Å². The average molecular weight is 282 g/mol. The molecule has 0 N–H and O–H groups in total. The Morgan fingerprint density at radius 2 is 1.16 bits per heavy atom. The van der Waals surface area contributed by atoms with E-state index in [4.69, 9.17) is 4.84 Å². The van der Waals surface area contributed by atoms with E-state index in [0.29, 0.717) is 0 Å². The van der Waals surface area contributed by atoms with Gasteiger partial charge in [0.2, 0.25) is 0 Å². The van der Waals surface area contributed by atoms with Crippen LogP contribution in [0.1, 0.15) is 95.9 Å². The third-order valence-electron chi connectivity index (χ3n) is 1.76. The van der Waals surface area contributed by atoms with Crippen molar-refractivity contribution in [2.24, 2.45) is 0 Å². The van der Waals surface area contributed by atoms with Crippen molar-refractivity contribution in [2.75, 3.05) is 20.2 Å². The minimum Gasteiger partial charge on any atom is -0.299 e. The molecule has 0 fully saturated rings. The number of hydrogen-bond donors (Lipinski definition) is 0. The molecular weight excluding hydrogens is 234 g/mol. The third kappa shape index (κ3) is 57.1. The summed E-state index contributed by atoms with van der Waals surface area (Å²) < 4.78 is 0.